The molecule has 7 heteroatoms. The van der Waals surface area contributed by atoms with Gasteiger partial charge in [-0.05, 0) is 37.1 Å². The summed E-state index contributed by atoms with van der Waals surface area (Å²) in [7, 11) is 1.64. The molecule has 0 aliphatic heterocycles. The summed E-state index contributed by atoms with van der Waals surface area (Å²) in [5, 5.41) is 5.91. The number of rotatable bonds is 8. The third-order valence-electron chi connectivity index (χ3n) is 4.35. The predicted octanol–water partition coefficient (Wildman–Crippen LogP) is 3.52. The zero-order chi connectivity index (χ0) is 20.6. The van der Waals surface area contributed by atoms with Gasteiger partial charge in [0, 0.05) is 24.7 Å². The summed E-state index contributed by atoms with van der Waals surface area (Å²) in [4.78, 5) is 20.9. The first-order valence-corrected chi connectivity index (χ1v) is 9.29. The SMILES string of the molecule is COc1ccc(CCNc2cc(C(=O)NCc3ccccc3F)nc(C)n2)cc1. The predicted molar refractivity (Wildman–Crippen MR) is 110 cm³/mol. The summed E-state index contributed by atoms with van der Waals surface area (Å²) >= 11 is 0. The van der Waals surface area contributed by atoms with Gasteiger partial charge in [0.15, 0.2) is 0 Å². The van der Waals surface area contributed by atoms with Crippen LogP contribution < -0.4 is 15.4 Å². The summed E-state index contributed by atoms with van der Waals surface area (Å²) in [6.07, 6.45) is 0.794. The van der Waals surface area contributed by atoms with Crippen LogP contribution in [0.4, 0.5) is 10.2 Å². The van der Waals surface area contributed by atoms with Gasteiger partial charge in [0.25, 0.3) is 5.91 Å². The number of carbonyl (C=O) groups excluding carboxylic acids is 1. The minimum Gasteiger partial charge on any atom is -0.497 e. The summed E-state index contributed by atoms with van der Waals surface area (Å²) < 4.78 is 18.9. The third-order valence-corrected chi connectivity index (χ3v) is 4.35. The molecule has 0 spiro atoms. The molecule has 0 aliphatic rings. The highest BCUT2D eigenvalue weighted by Gasteiger charge is 2.11. The molecule has 0 unspecified atom stereocenters. The van der Waals surface area contributed by atoms with Crippen LogP contribution in [-0.2, 0) is 13.0 Å². The molecule has 1 aromatic heterocycles. The minimum atomic E-state index is -0.378. The lowest BCUT2D eigenvalue weighted by molar-refractivity contribution is 0.0945. The molecule has 0 atom stereocenters. The first-order chi connectivity index (χ1) is 14.0. The molecule has 2 aromatic carbocycles. The monoisotopic (exact) mass is 394 g/mol. The molecule has 0 bridgehead atoms. The Labute approximate surface area is 169 Å². The Morgan fingerprint density at radius 3 is 2.59 bits per heavy atom. The van der Waals surface area contributed by atoms with E-state index in [0.717, 1.165) is 17.7 Å². The van der Waals surface area contributed by atoms with E-state index in [-0.39, 0.29) is 24.0 Å². The molecule has 0 fully saturated rings. The Morgan fingerprint density at radius 1 is 1.10 bits per heavy atom. The van der Waals surface area contributed by atoms with Gasteiger partial charge in [-0.15, -0.1) is 0 Å². The Bertz CT molecular complexity index is 977. The van der Waals surface area contributed by atoms with Gasteiger partial charge < -0.3 is 15.4 Å². The number of hydrogen-bond donors (Lipinski definition) is 2. The van der Waals surface area contributed by atoms with Crippen LogP contribution in [0.15, 0.2) is 54.6 Å². The van der Waals surface area contributed by atoms with Crippen molar-refractivity contribution < 1.29 is 13.9 Å². The number of carbonyl (C=O) groups is 1. The summed E-state index contributed by atoms with van der Waals surface area (Å²) in [5.41, 5.74) is 1.82. The lowest BCUT2D eigenvalue weighted by atomic mass is 10.1. The second-order valence-electron chi connectivity index (χ2n) is 6.48. The number of benzene rings is 2. The van der Waals surface area contributed by atoms with Gasteiger partial charge in [-0.1, -0.05) is 30.3 Å². The van der Waals surface area contributed by atoms with E-state index in [2.05, 4.69) is 20.6 Å². The van der Waals surface area contributed by atoms with E-state index in [1.54, 1.807) is 38.3 Å². The Morgan fingerprint density at radius 2 is 1.86 bits per heavy atom. The molecule has 150 valence electrons. The maximum absolute atomic E-state index is 13.7. The highest BCUT2D eigenvalue weighted by atomic mass is 19.1. The molecule has 3 rings (SSSR count). The standard InChI is InChI=1S/C22H23FN4O2/c1-15-26-20(22(28)25-14-17-5-3-4-6-19(17)23)13-21(27-15)24-12-11-16-7-9-18(29-2)10-8-16/h3-10,13H,11-12,14H2,1-2H3,(H,25,28)(H,24,26,27). The normalized spacial score (nSPS) is 10.4. The molecular weight excluding hydrogens is 371 g/mol. The smallest absolute Gasteiger partial charge is 0.270 e. The lowest BCUT2D eigenvalue weighted by Gasteiger charge is -2.10. The van der Waals surface area contributed by atoms with Crippen LogP contribution in [0.2, 0.25) is 0 Å². The molecule has 1 heterocycles. The maximum atomic E-state index is 13.7. The summed E-state index contributed by atoms with van der Waals surface area (Å²) in [5.74, 6) is 1.14. The first kappa shape index (κ1) is 20.3. The number of methoxy groups -OCH3 is 1. The minimum absolute atomic E-state index is 0.0921. The highest BCUT2D eigenvalue weighted by Crippen LogP contribution is 2.13. The molecule has 0 radical (unpaired) electrons. The molecule has 1 amide bonds. The van der Waals surface area contributed by atoms with E-state index >= 15 is 0 Å². The van der Waals surface area contributed by atoms with Crippen LogP contribution in [0, 0.1) is 12.7 Å². The maximum Gasteiger partial charge on any atom is 0.270 e. The number of aromatic nitrogens is 2. The molecule has 3 aromatic rings. The largest absolute Gasteiger partial charge is 0.497 e. The number of anilines is 1. The number of aryl methyl sites for hydroxylation is 1. The number of nitrogens with zero attached hydrogens (tertiary/aromatic N) is 2. The average molecular weight is 394 g/mol. The summed E-state index contributed by atoms with van der Waals surface area (Å²) in [6, 6.07) is 15.8. The van der Waals surface area contributed by atoms with Crippen molar-refractivity contribution in [2.75, 3.05) is 19.0 Å². The van der Waals surface area contributed by atoms with Crippen molar-refractivity contribution in [1.82, 2.24) is 15.3 Å². The quantitative estimate of drug-likeness (QED) is 0.611. The van der Waals surface area contributed by atoms with Crippen LogP contribution in [0.25, 0.3) is 0 Å². The Hall–Kier alpha value is -3.48. The van der Waals surface area contributed by atoms with Gasteiger partial charge in [0.05, 0.1) is 7.11 Å². The number of halogens is 1. The van der Waals surface area contributed by atoms with Crippen molar-refractivity contribution >= 4 is 11.7 Å². The zero-order valence-corrected chi connectivity index (χ0v) is 16.4. The topological polar surface area (TPSA) is 76.1 Å². The van der Waals surface area contributed by atoms with Crippen LogP contribution in [-0.4, -0.2) is 29.5 Å². The molecule has 6 nitrogen and oxygen atoms in total. The molecular formula is C22H23FN4O2. The fourth-order valence-corrected chi connectivity index (χ4v) is 2.81. The van der Waals surface area contributed by atoms with Gasteiger partial charge in [-0.25, -0.2) is 14.4 Å². The van der Waals surface area contributed by atoms with Crippen LogP contribution in [0.3, 0.4) is 0 Å². The average Bonchev–Trinajstić information content (AvgIpc) is 2.73. The van der Waals surface area contributed by atoms with E-state index in [1.807, 2.05) is 24.3 Å². The fraction of sp³-hybridized carbons (Fsp3) is 0.227. The highest BCUT2D eigenvalue weighted by molar-refractivity contribution is 5.92. The van der Waals surface area contributed by atoms with Crippen molar-refractivity contribution in [2.45, 2.75) is 19.9 Å². The molecule has 0 saturated carbocycles. The zero-order valence-electron chi connectivity index (χ0n) is 16.4. The number of hydrogen-bond acceptors (Lipinski definition) is 5. The summed E-state index contributed by atoms with van der Waals surface area (Å²) in [6.45, 7) is 2.47. The van der Waals surface area contributed by atoms with E-state index in [4.69, 9.17) is 4.74 Å². The van der Waals surface area contributed by atoms with Gasteiger partial charge >= 0.3 is 0 Å². The molecule has 0 aliphatic carbocycles. The molecule has 0 saturated heterocycles. The van der Waals surface area contributed by atoms with Crippen molar-refractivity contribution in [1.29, 1.82) is 0 Å². The van der Waals surface area contributed by atoms with Crippen LogP contribution in [0.5, 0.6) is 5.75 Å². The van der Waals surface area contributed by atoms with Crippen LogP contribution >= 0.6 is 0 Å². The van der Waals surface area contributed by atoms with Gasteiger partial charge in [0.1, 0.15) is 28.9 Å². The van der Waals surface area contributed by atoms with E-state index in [1.165, 1.54) is 6.07 Å². The van der Waals surface area contributed by atoms with Gasteiger partial charge in [-0.3, -0.25) is 4.79 Å². The molecule has 2 N–H and O–H groups in total. The third kappa shape index (κ3) is 5.75. The van der Waals surface area contributed by atoms with Gasteiger partial charge in [0.2, 0.25) is 0 Å². The van der Waals surface area contributed by atoms with Crippen molar-refractivity contribution in [2.24, 2.45) is 0 Å². The Balaban J connectivity index is 1.58. The van der Waals surface area contributed by atoms with E-state index in [9.17, 15) is 9.18 Å². The second kappa shape index (κ2) is 9.64. The number of nitrogens with one attached hydrogen (secondary N) is 2. The fourth-order valence-electron chi connectivity index (χ4n) is 2.81. The first-order valence-electron chi connectivity index (χ1n) is 9.29. The lowest BCUT2D eigenvalue weighted by Crippen LogP contribution is -2.25. The Kier molecular flexibility index (Phi) is 6.73. The number of amides is 1. The molecule has 29 heavy (non-hydrogen) atoms. The van der Waals surface area contributed by atoms with E-state index < -0.39 is 0 Å². The van der Waals surface area contributed by atoms with Gasteiger partial charge in [-0.2, -0.15) is 0 Å². The van der Waals surface area contributed by atoms with Crippen molar-refractivity contribution in [3.8, 4) is 5.75 Å². The van der Waals surface area contributed by atoms with Crippen molar-refractivity contribution in [3.05, 3.63) is 83.1 Å². The van der Waals surface area contributed by atoms with E-state index in [0.29, 0.717) is 23.8 Å². The van der Waals surface area contributed by atoms with Crippen molar-refractivity contribution in [3.63, 3.8) is 0 Å². The number of ether oxygens (including phenoxy) is 1. The van der Waals surface area contributed by atoms with Crippen LogP contribution in [0.1, 0.15) is 27.4 Å². The second-order valence-corrected chi connectivity index (χ2v) is 6.48.